The number of nitrogens with one attached hydrogen (secondary N) is 3. The summed E-state index contributed by atoms with van der Waals surface area (Å²) in [6.07, 6.45) is 2.76. The predicted octanol–water partition coefficient (Wildman–Crippen LogP) is 1.28. The fourth-order valence-corrected chi connectivity index (χ4v) is 1.96. The monoisotopic (exact) mass is 275 g/mol. The molecule has 0 fully saturated rings. The van der Waals surface area contributed by atoms with Gasteiger partial charge in [0.25, 0.3) is 0 Å². The topological polar surface area (TPSA) is 83.2 Å². The number of benzene rings is 1. The number of hydrogen-bond acceptors (Lipinski definition) is 3. The Kier molecular flexibility index (Phi) is 4.24. The van der Waals surface area contributed by atoms with E-state index in [4.69, 9.17) is 4.74 Å². The summed E-state index contributed by atoms with van der Waals surface area (Å²) in [6, 6.07) is 5.76. The van der Waals surface area contributed by atoms with Gasteiger partial charge in [-0.2, -0.15) is 0 Å². The SMILES string of the molecule is COc1ccc2[nH]cc(CCC(=O)NNC(C)=O)c2c1. The first-order valence-electron chi connectivity index (χ1n) is 6.29. The molecule has 1 aromatic heterocycles. The lowest BCUT2D eigenvalue weighted by Gasteiger charge is -2.05. The highest BCUT2D eigenvalue weighted by Gasteiger charge is 2.08. The maximum absolute atomic E-state index is 11.5. The number of aromatic nitrogens is 1. The van der Waals surface area contributed by atoms with Crippen molar-refractivity contribution in [3.05, 3.63) is 30.0 Å². The Balaban J connectivity index is 2.02. The average Bonchev–Trinajstić information content (AvgIpc) is 2.85. The highest BCUT2D eigenvalue weighted by atomic mass is 16.5. The van der Waals surface area contributed by atoms with Crippen LogP contribution in [0, 0.1) is 0 Å². The molecule has 0 saturated heterocycles. The standard InChI is InChI=1S/C14H17N3O3/c1-9(18)16-17-14(19)6-3-10-8-15-13-5-4-11(20-2)7-12(10)13/h4-5,7-8,15H,3,6H2,1-2H3,(H,16,18)(H,17,19). The van der Waals surface area contributed by atoms with Crippen molar-refractivity contribution in [2.24, 2.45) is 0 Å². The van der Waals surface area contributed by atoms with Crippen molar-refractivity contribution >= 4 is 22.7 Å². The third-order valence-electron chi connectivity index (χ3n) is 2.97. The first-order valence-corrected chi connectivity index (χ1v) is 6.29. The van der Waals surface area contributed by atoms with Crippen LogP contribution in [0.15, 0.2) is 24.4 Å². The first kappa shape index (κ1) is 13.9. The van der Waals surface area contributed by atoms with Crippen LogP contribution in [0.2, 0.25) is 0 Å². The van der Waals surface area contributed by atoms with Crippen LogP contribution in [-0.2, 0) is 16.0 Å². The van der Waals surface area contributed by atoms with Crippen LogP contribution >= 0.6 is 0 Å². The molecule has 20 heavy (non-hydrogen) atoms. The summed E-state index contributed by atoms with van der Waals surface area (Å²) in [5.74, 6) is 0.258. The molecule has 3 N–H and O–H groups in total. The second kappa shape index (κ2) is 6.10. The predicted molar refractivity (Wildman–Crippen MR) is 75.1 cm³/mol. The minimum atomic E-state index is -0.296. The lowest BCUT2D eigenvalue weighted by Crippen LogP contribution is -2.40. The van der Waals surface area contributed by atoms with Crippen LogP contribution in [0.4, 0.5) is 0 Å². The Hall–Kier alpha value is -2.50. The highest BCUT2D eigenvalue weighted by Crippen LogP contribution is 2.24. The number of aryl methyl sites for hydroxylation is 1. The minimum absolute atomic E-state index is 0.225. The summed E-state index contributed by atoms with van der Waals surface area (Å²) >= 11 is 0. The molecule has 0 saturated carbocycles. The Morgan fingerprint density at radius 2 is 2.10 bits per heavy atom. The summed E-state index contributed by atoms with van der Waals surface area (Å²) in [4.78, 5) is 25.4. The molecule has 2 aromatic rings. The van der Waals surface area contributed by atoms with Gasteiger partial charge in [0.05, 0.1) is 7.11 Å². The molecule has 0 aliphatic heterocycles. The Morgan fingerprint density at radius 1 is 1.30 bits per heavy atom. The van der Waals surface area contributed by atoms with Gasteiger partial charge in [0.1, 0.15) is 5.75 Å². The number of carbonyl (C=O) groups excluding carboxylic acids is 2. The molecule has 0 atom stereocenters. The van der Waals surface area contributed by atoms with Gasteiger partial charge in [-0.05, 0) is 30.2 Å². The van der Waals surface area contributed by atoms with Crippen molar-refractivity contribution in [1.29, 1.82) is 0 Å². The van der Waals surface area contributed by atoms with E-state index in [2.05, 4.69) is 15.8 Å². The number of aromatic amines is 1. The number of fused-ring (bicyclic) bond motifs is 1. The summed E-state index contributed by atoms with van der Waals surface area (Å²) < 4.78 is 5.20. The molecule has 2 amide bonds. The fourth-order valence-electron chi connectivity index (χ4n) is 1.96. The molecule has 1 aromatic carbocycles. The van der Waals surface area contributed by atoms with Gasteiger partial charge in [-0.15, -0.1) is 0 Å². The normalized spacial score (nSPS) is 10.3. The third kappa shape index (κ3) is 3.28. The van der Waals surface area contributed by atoms with Crippen molar-refractivity contribution in [3.8, 4) is 5.75 Å². The molecule has 1 heterocycles. The van der Waals surface area contributed by atoms with Crippen molar-refractivity contribution in [3.63, 3.8) is 0 Å². The van der Waals surface area contributed by atoms with Crippen molar-refractivity contribution in [1.82, 2.24) is 15.8 Å². The van der Waals surface area contributed by atoms with E-state index in [1.807, 2.05) is 24.4 Å². The van der Waals surface area contributed by atoms with Gasteiger partial charge >= 0.3 is 0 Å². The number of hydrazine groups is 1. The zero-order chi connectivity index (χ0) is 14.5. The lowest BCUT2D eigenvalue weighted by molar-refractivity contribution is -0.127. The molecule has 106 valence electrons. The van der Waals surface area contributed by atoms with Gasteiger partial charge in [-0.25, -0.2) is 0 Å². The second-order valence-corrected chi connectivity index (χ2v) is 4.45. The number of amides is 2. The Bertz CT molecular complexity index is 634. The molecule has 0 radical (unpaired) electrons. The van der Waals surface area contributed by atoms with Crippen LogP contribution in [0.1, 0.15) is 18.9 Å². The van der Waals surface area contributed by atoms with Crippen LogP contribution in [0.3, 0.4) is 0 Å². The Labute approximate surface area is 116 Å². The van der Waals surface area contributed by atoms with E-state index in [0.29, 0.717) is 12.8 Å². The largest absolute Gasteiger partial charge is 0.497 e. The number of rotatable bonds is 4. The molecule has 0 spiro atoms. The van der Waals surface area contributed by atoms with E-state index < -0.39 is 0 Å². The molecule has 0 aliphatic carbocycles. The van der Waals surface area contributed by atoms with E-state index in [1.165, 1.54) is 6.92 Å². The van der Waals surface area contributed by atoms with Gasteiger partial charge in [0.2, 0.25) is 11.8 Å². The van der Waals surface area contributed by atoms with E-state index in [1.54, 1.807) is 7.11 Å². The summed E-state index contributed by atoms with van der Waals surface area (Å²) in [7, 11) is 1.62. The van der Waals surface area contributed by atoms with E-state index in [-0.39, 0.29) is 11.8 Å². The van der Waals surface area contributed by atoms with Gasteiger partial charge in [-0.1, -0.05) is 0 Å². The van der Waals surface area contributed by atoms with Gasteiger partial charge in [0, 0.05) is 30.4 Å². The maximum Gasteiger partial charge on any atom is 0.238 e. The second-order valence-electron chi connectivity index (χ2n) is 4.45. The molecule has 0 unspecified atom stereocenters. The van der Waals surface area contributed by atoms with Crippen molar-refractivity contribution in [2.45, 2.75) is 19.8 Å². The molecule has 6 nitrogen and oxygen atoms in total. The smallest absolute Gasteiger partial charge is 0.238 e. The molecule has 0 bridgehead atoms. The fraction of sp³-hybridized carbons (Fsp3) is 0.286. The summed E-state index contributed by atoms with van der Waals surface area (Å²) in [6.45, 7) is 1.34. The third-order valence-corrected chi connectivity index (χ3v) is 2.97. The van der Waals surface area contributed by atoms with Crippen LogP contribution in [0.5, 0.6) is 5.75 Å². The highest BCUT2D eigenvalue weighted by molar-refractivity contribution is 5.86. The Morgan fingerprint density at radius 3 is 2.80 bits per heavy atom. The molecule has 0 aliphatic rings. The van der Waals surface area contributed by atoms with E-state index in [0.717, 1.165) is 22.2 Å². The van der Waals surface area contributed by atoms with Gasteiger partial charge in [0.15, 0.2) is 0 Å². The zero-order valence-electron chi connectivity index (χ0n) is 11.4. The quantitative estimate of drug-likeness (QED) is 0.735. The number of methoxy groups -OCH3 is 1. The molecule has 2 rings (SSSR count). The molecular formula is C14H17N3O3. The number of ether oxygens (including phenoxy) is 1. The summed E-state index contributed by atoms with van der Waals surface area (Å²) in [5.41, 5.74) is 6.65. The number of H-pyrrole nitrogens is 1. The van der Waals surface area contributed by atoms with E-state index >= 15 is 0 Å². The summed E-state index contributed by atoms with van der Waals surface area (Å²) in [5, 5.41) is 1.04. The van der Waals surface area contributed by atoms with Crippen LogP contribution in [0.25, 0.3) is 10.9 Å². The van der Waals surface area contributed by atoms with E-state index in [9.17, 15) is 9.59 Å². The van der Waals surface area contributed by atoms with Gasteiger partial charge < -0.3 is 9.72 Å². The van der Waals surface area contributed by atoms with Crippen LogP contribution in [-0.4, -0.2) is 23.9 Å². The van der Waals surface area contributed by atoms with Crippen LogP contribution < -0.4 is 15.6 Å². The molecular weight excluding hydrogens is 258 g/mol. The first-order chi connectivity index (χ1) is 9.60. The zero-order valence-corrected chi connectivity index (χ0v) is 11.4. The minimum Gasteiger partial charge on any atom is -0.497 e. The average molecular weight is 275 g/mol. The number of hydrogen-bond donors (Lipinski definition) is 3. The maximum atomic E-state index is 11.5. The lowest BCUT2D eigenvalue weighted by atomic mass is 10.1. The number of carbonyl (C=O) groups is 2. The van der Waals surface area contributed by atoms with Crippen molar-refractivity contribution < 1.29 is 14.3 Å². The van der Waals surface area contributed by atoms with Crippen molar-refractivity contribution in [2.75, 3.05) is 7.11 Å². The molecule has 6 heteroatoms. The van der Waals surface area contributed by atoms with Gasteiger partial charge in [-0.3, -0.25) is 20.4 Å².